The second kappa shape index (κ2) is 8.20. The van der Waals surface area contributed by atoms with Crippen molar-refractivity contribution in [2.24, 2.45) is 0 Å². The molecule has 0 spiro atoms. The van der Waals surface area contributed by atoms with Gasteiger partial charge in [0.25, 0.3) is 11.8 Å². The molecule has 0 saturated carbocycles. The molecule has 2 aromatic rings. The van der Waals surface area contributed by atoms with Crippen molar-refractivity contribution in [3.63, 3.8) is 0 Å². The summed E-state index contributed by atoms with van der Waals surface area (Å²) < 4.78 is 1.02. The molecule has 0 atom stereocenters. The molecule has 0 saturated heterocycles. The lowest BCUT2D eigenvalue weighted by Gasteiger charge is -2.10. The van der Waals surface area contributed by atoms with E-state index in [1.807, 2.05) is 19.1 Å². The lowest BCUT2D eigenvalue weighted by molar-refractivity contribution is 0.0959. The Morgan fingerprint density at radius 1 is 1.00 bits per heavy atom. The summed E-state index contributed by atoms with van der Waals surface area (Å²) in [5, 5.41) is 8.31. The number of hydrogen-bond donors (Lipinski definition) is 3. The van der Waals surface area contributed by atoms with Crippen LogP contribution in [-0.2, 0) is 0 Å². The van der Waals surface area contributed by atoms with Crippen LogP contribution >= 0.6 is 34.8 Å². The number of rotatable bonds is 3. The molecule has 3 N–H and O–H groups in total. The lowest BCUT2D eigenvalue weighted by Crippen LogP contribution is -2.34. The van der Waals surface area contributed by atoms with E-state index in [4.69, 9.17) is 12.2 Å². The van der Waals surface area contributed by atoms with Gasteiger partial charge in [0.05, 0.1) is 0 Å². The second-order valence-electron chi connectivity index (χ2n) is 5.03. The third-order valence-corrected chi connectivity index (χ3v) is 4.66. The number of benzene rings is 2. The van der Waals surface area contributed by atoms with E-state index in [9.17, 15) is 9.59 Å². The molecule has 0 aromatic heterocycles. The summed E-state index contributed by atoms with van der Waals surface area (Å²) in [6, 6.07) is 12.3. The van der Waals surface area contributed by atoms with Gasteiger partial charge >= 0.3 is 0 Å². The Morgan fingerprint density at radius 2 is 1.62 bits per heavy atom. The molecular weight excluding hydrogens is 437 g/mol. The number of anilines is 1. The predicted octanol–water partition coefficient (Wildman–Crippen LogP) is 3.09. The van der Waals surface area contributed by atoms with Crippen molar-refractivity contribution in [3.05, 3.63) is 62.7 Å². The van der Waals surface area contributed by atoms with Gasteiger partial charge in [-0.1, -0.05) is 6.07 Å². The first-order valence-electron chi connectivity index (χ1n) is 7.11. The molecule has 5 nitrogen and oxygen atoms in total. The Balaban J connectivity index is 1.98. The van der Waals surface area contributed by atoms with Crippen LogP contribution in [0.5, 0.6) is 0 Å². The van der Waals surface area contributed by atoms with Crippen LogP contribution < -0.4 is 16.0 Å². The van der Waals surface area contributed by atoms with E-state index >= 15 is 0 Å². The predicted molar refractivity (Wildman–Crippen MR) is 107 cm³/mol. The summed E-state index contributed by atoms with van der Waals surface area (Å²) in [7, 11) is 1.57. The molecule has 24 heavy (non-hydrogen) atoms. The standard InChI is InChI=1S/C17H16IN3O2S/c1-10-3-4-12(9-14(10)18)16(23)21-17(24)20-13-7-5-11(6-8-13)15(22)19-2/h3-9H,1-2H3,(H,19,22)(H2,20,21,23,24). The maximum atomic E-state index is 12.2. The van der Waals surface area contributed by atoms with Crippen molar-refractivity contribution >= 4 is 57.4 Å². The first-order valence-corrected chi connectivity index (χ1v) is 8.60. The van der Waals surface area contributed by atoms with Crippen LogP contribution in [0, 0.1) is 10.5 Å². The highest BCUT2D eigenvalue weighted by atomic mass is 127. The fourth-order valence-electron chi connectivity index (χ4n) is 1.92. The first kappa shape index (κ1) is 18.3. The van der Waals surface area contributed by atoms with Gasteiger partial charge in [-0.2, -0.15) is 0 Å². The number of amides is 2. The van der Waals surface area contributed by atoms with Crippen LogP contribution in [0.3, 0.4) is 0 Å². The molecule has 0 aliphatic rings. The highest BCUT2D eigenvalue weighted by Gasteiger charge is 2.10. The van der Waals surface area contributed by atoms with Crippen LogP contribution in [0.15, 0.2) is 42.5 Å². The average molecular weight is 453 g/mol. The molecule has 2 aromatic carbocycles. The summed E-state index contributed by atoms with van der Waals surface area (Å²) in [4.78, 5) is 23.7. The van der Waals surface area contributed by atoms with Crippen molar-refractivity contribution in [3.8, 4) is 0 Å². The normalized spacial score (nSPS) is 9.96. The average Bonchev–Trinajstić information content (AvgIpc) is 2.57. The molecule has 0 radical (unpaired) electrons. The van der Waals surface area contributed by atoms with E-state index in [1.165, 1.54) is 0 Å². The monoisotopic (exact) mass is 453 g/mol. The number of nitrogens with one attached hydrogen (secondary N) is 3. The number of hydrogen-bond acceptors (Lipinski definition) is 3. The van der Waals surface area contributed by atoms with E-state index < -0.39 is 0 Å². The van der Waals surface area contributed by atoms with Crippen LogP contribution in [0.2, 0.25) is 0 Å². The fourth-order valence-corrected chi connectivity index (χ4v) is 2.65. The van der Waals surface area contributed by atoms with Crippen molar-refractivity contribution in [2.75, 3.05) is 12.4 Å². The van der Waals surface area contributed by atoms with Gasteiger partial charge in [-0.05, 0) is 83.7 Å². The summed E-state index contributed by atoms with van der Waals surface area (Å²) in [5.41, 5.74) is 2.90. The molecule has 0 bridgehead atoms. The molecule has 2 amide bonds. The molecule has 124 valence electrons. The minimum absolute atomic E-state index is 0.161. The third kappa shape index (κ3) is 4.75. The number of carbonyl (C=O) groups excluding carboxylic acids is 2. The van der Waals surface area contributed by atoms with Gasteiger partial charge in [0, 0.05) is 27.4 Å². The van der Waals surface area contributed by atoms with Gasteiger partial charge in [-0.15, -0.1) is 0 Å². The summed E-state index contributed by atoms with van der Waals surface area (Å²) >= 11 is 7.34. The lowest BCUT2D eigenvalue weighted by atomic mass is 10.1. The molecule has 0 unspecified atom stereocenters. The zero-order chi connectivity index (χ0) is 17.7. The quantitative estimate of drug-likeness (QED) is 0.494. The molecule has 0 heterocycles. The van der Waals surface area contributed by atoms with Gasteiger partial charge in [0.2, 0.25) is 0 Å². The summed E-state index contributed by atoms with van der Waals surface area (Å²) in [5.74, 6) is -0.432. The minimum atomic E-state index is -0.271. The van der Waals surface area contributed by atoms with Gasteiger partial charge in [-0.3, -0.25) is 14.9 Å². The fraction of sp³-hybridized carbons (Fsp3) is 0.118. The van der Waals surface area contributed by atoms with E-state index in [0.29, 0.717) is 16.8 Å². The Morgan fingerprint density at radius 3 is 2.21 bits per heavy atom. The number of aryl methyl sites for hydroxylation is 1. The highest BCUT2D eigenvalue weighted by Crippen LogP contribution is 2.14. The highest BCUT2D eigenvalue weighted by molar-refractivity contribution is 14.1. The molecule has 0 aliphatic carbocycles. The largest absolute Gasteiger partial charge is 0.355 e. The number of carbonyl (C=O) groups is 2. The van der Waals surface area contributed by atoms with E-state index in [2.05, 4.69) is 38.5 Å². The minimum Gasteiger partial charge on any atom is -0.355 e. The van der Waals surface area contributed by atoms with Gasteiger partial charge < -0.3 is 10.6 Å². The number of thiocarbonyl (C=S) groups is 1. The van der Waals surface area contributed by atoms with Crippen molar-refractivity contribution in [2.45, 2.75) is 6.92 Å². The topological polar surface area (TPSA) is 70.2 Å². The maximum absolute atomic E-state index is 12.2. The van der Waals surface area contributed by atoms with Crippen molar-refractivity contribution in [1.82, 2.24) is 10.6 Å². The van der Waals surface area contributed by atoms with Crippen LogP contribution in [0.25, 0.3) is 0 Å². The SMILES string of the molecule is CNC(=O)c1ccc(NC(=S)NC(=O)c2ccc(C)c(I)c2)cc1. The van der Waals surface area contributed by atoms with Crippen molar-refractivity contribution < 1.29 is 9.59 Å². The molecule has 7 heteroatoms. The van der Waals surface area contributed by atoms with E-state index in [-0.39, 0.29) is 16.9 Å². The smallest absolute Gasteiger partial charge is 0.257 e. The Kier molecular flexibility index (Phi) is 6.27. The molecule has 0 aliphatic heterocycles. The van der Waals surface area contributed by atoms with E-state index in [0.717, 1.165) is 9.13 Å². The Bertz CT molecular complexity index is 791. The molecule has 0 fully saturated rings. The zero-order valence-electron chi connectivity index (χ0n) is 13.1. The van der Waals surface area contributed by atoms with Crippen LogP contribution in [-0.4, -0.2) is 24.0 Å². The van der Waals surface area contributed by atoms with Crippen molar-refractivity contribution in [1.29, 1.82) is 0 Å². The van der Waals surface area contributed by atoms with Gasteiger partial charge in [-0.25, -0.2) is 0 Å². The number of halogens is 1. The van der Waals surface area contributed by atoms with Gasteiger partial charge in [0.1, 0.15) is 0 Å². The van der Waals surface area contributed by atoms with Gasteiger partial charge in [0.15, 0.2) is 5.11 Å². The third-order valence-electron chi connectivity index (χ3n) is 3.29. The Labute approximate surface area is 159 Å². The molecular formula is C17H16IN3O2S. The summed E-state index contributed by atoms with van der Waals surface area (Å²) in [6.45, 7) is 1.98. The molecule has 2 rings (SSSR count). The zero-order valence-corrected chi connectivity index (χ0v) is 16.1. The maximum Gasteiger partial charge on any atom is 0.257 e. The van der Waals surface area contributed by atoms with Crippen LogP contribution in [0.4, 0.5) is 5.69 Å². The summed E-state index contributed by atoms with van der Waals surface area (Å²) in [6.07, 6.45) is 0. The van der Waals surface area contributed by atoms with E-state index in [1.54, 1.807) is 37.4 Å². The van der Waals surface area contributed by atoms with Crippen LogP contribution in [0.1, 0.15) is 26.3 Å². The second-order valence-corrected chi connectivity index (χ2v) is 6.60. The Hall–Kier alpha value is -2.00. The first-order chi connectivity index (χ1) is 11.4.